The summed E-state index contributed by atoms with van der Waals surface area (Å²) in [6, 6.07) is 9.69. The number of allylic oxidation sites excluding steroid dienone is 2. The van der Waals surface area contributed by atoms with Crippen LogP contribution in [0.25, 0.3) is 0 Å². The van der Waals surface area contributed by atoms with E-state index in [1.807, 2.05) is 42.5 Å². The van der Waals surface area contributed by atoms with Crippen molar-refractivity contribution in [3.63, 3.8) is 0 Å². The molecule has 0 spiro atoms. The van der Waals surface area contributed by atoms with Gasteiger partial charge in [-0.05, 0) is 49.7 Å². The summed E-state index contributed by atoms with van der Waals surface area (Å²) in [5, 5.41) is 16.0. The molecular formula is C24H26N2O4S. The number of hydrogen-bond donors (Lipinski definition) is 3. The van der Waals surface area contributed by atoms with E-state index in [1.54, 1.807) is 0 Å². The highest BCUT2D eigenvalue weighted by molar-refractivity contribution is 7.17. The fraction of sp³-hybridized carbons (Fsp3) is 0.375. The van der Waals surface area contributed by atoms with Gasteiger partial charge < -0.3 is 15.7 Å². The molecule has 4 rings (SSSR count). The van der Waals surface area contributed by atoms with Gasteiger partial charge in [0, 0.05) is 11.4 Å². The standard InChI is InChI=1S/C24H26N2O4S/c27-21(16-10-4-5-11-17(16)24(29)30)26-23-20(18-12-6-7-13-19(18)31-23)22(28)25-14-15-8-2-1-3-9-15/h1-5,8-9,16-17H,6-7,10-14H2,(H,25,28)(H,26,27)(H,29,30)/t16-,17-/m1/s1. The maximum Gasteiger partial charge on any atom is 0.307 e. The molecule has 1 aromatic carbocycles. The van der Waals surface area contributed by atoms with Gasteiger partial charge in [-0.25, -0.2) is 0 Å². The number of hydrogen-bond acceptors (Lipinski definition) is 4. The Morgan fingerprint density at radius 1 is 1.00 bits per heavy atom. The molecule has 0 saturated carbocycles. The maximum absolute atomic E-state index is 13.1. The maximum atomic E-state index is 13.1. The summed E-state index contributed by atoms with van der Waals surface area (Å²) in [6.45, 7) is 0.409. The number of benzene rings is 1. The zero-order valence-corrected chi connectivity index (χ0v) is 18.0. The minimum absolute atomic E-state index is 0.197. The lowest BCUT2D eigenvalue weighted by atomic mass is 9.82. The lowest BCUT2D eigenvalue weighted by Gasteiger charge is -2.24. The summed E-state index contributed by atoms with van der Waals surface area (Å²) < 4.78 is 0. The van der Waals surface area contributed by atoms with Crippen LogP contribution in [0.4, 0.5) is 5.00 Å². The summed E-state index contributed by atoms with van der Waals surface area (Å²) in [7, 11) is 0. The first-order chi connectivity index (χ1) is 15.0. The molecule has 2 amide bonds. The Morgan fingerprint density at radius 3 is 2.45 bits per heavy atom. The second-order valence-corrected chi connectivity index (χ2v) is 9.17. The van der Waals surface area contributed by atoms with Crippen LogP contribution in [0.5, 0.6) is 0 Å². The SMILES string of the molecule is O=C(NCc1ccccc1)c1c(NC(=O)[C@@H]2CC=CC[C@H]2C(=O)O)sc2c1CCCC2. The number of nitrogens with one attached hydrogen (secondary N) is 2. The second-order valence-electron chi connectivity index (χ2n) is 8.07. The van der Waals surface area contributed by atoms with Gasteiger partial charge in [0.05, 0.1) is 17.4 Å². The summed E-state index contributed by atoms with van der Waals surface area (Å²) >= 11 is 1.46. The first-order valence-electron chi connectivity index (χ1n) is 10.7. The van der Waals surface area contributed by atoms with Crippen LogP contribution in [0.15, 0.2) is 42.5 Å². The number of anilines is 1. The number of carboxylic acid groups (broad SMARTS) is 1. The van der Waals surface area contributed by atoms with Gasteiger partial charge in [0.2, 0.25) is 5.91 Å². The number of thiophene rings is 1. The number of carbonyl (C=O) groups excluding carboxylic acids is 2. The van der Waals surface area contributed by atoms with Crippen molar-refractivity contribution in [1.82, 2.24) is 5.32 Å². The van der Waals surface area contributed by atoms with E-state index in [1.165, 1.54) is 11.3 Å². The van der Waals surface area contributed by atoms with Crippen molar-refractivity contribution in [2.24, 2.45) is 11.8 Å². The zero-order valence-electron chi connectivity index (χ0n) is 17.2. The zero-order chi connectivity index (χ0) is 21.8. The summed E-state index contributed by atoms with van der Waals surface area (Å²) in [5.41, 5.74) is 2.57. The average molecular weight is 439 g/mol. The quantitative estimate of drug-likeness (QED) is 0.590. The van der Waals surface area contributed by atoms with Crippen molar-refractivity contribution in [1.29, 1.82) is 0 Å². The van der Waals surface area contributed by atoms with E-state index in [-0.39, 0.29) is 11.8 Å². The van der Waals surface area contributed by atoms with E-state index in [9.17, 15) is 19.5 Å². The number of fused-ring (bicyclic) bond motifs is 1. The van der Waals surface area contributed by atoms with E-state index in [2.05, 4.69) is 10.6 Å². The van der Waals surface area contributed by atoms with Crippen LogP contribution in [0, 0.1) is 11.8 Å². The van der Waals surface area contributed by atoms with Crippen molar-refractivity contribution in [2.75, 3.05) is 5.32 Å². The predicted molar refractivity (Wildman–Crippen MR) is 120 cm³/mol. The molecule has 0 aliphatic heterocycles. The number of carboxylic acids is 1. The van der Waals surface area contributed by atoms with Crippen molar-refractivity contribution in [2.45, 2.75) is 45.1 Å². The number of aliphatic carboxylic acids is 1. The molecule has 2 aliphatic rings. The fourth-order valence-corrected chi connectivity index (χ4v) is 5.63. The van der Waals surface area contributed by atoms with E-state index < -0.39 is 17.8 Å². The third-order valence-electron chi connectivity index (χ3n) is 6.02. The van der Waals surface area contributed by atoms with Crippen molar-refractivity contribution in [3.05, 3.63) is 64.1 Å². The van der Waals surface area contributed by atoms with E-state index in [4.69, 9.17) is 0 Å². The number of amides is 2. The van der Waals surface area contributed by atoms with E-state index in [0.717, 1.165) is 41.7 Å². The Bertz CT molecular complexity index is 1010. The highest BCUT2D eigenvalue weighted by atomic mass is 32.1. The molecular weight excluding hydrogens is 412 g/mol. The van der Waals surface area contributed by atoms with Crippen LogP contribution < -0.4 is 10.6 Å². The Balaban J connectivity index is 1.56. The molecule has 162 valence electrons. The number of rotatable bonds is 6. The minimum Gasteiger partial charge on any atom is -0.481 e. The molecule has 2 aliphatic carbocycles. The van der Waals surface area contributed by atoms with Crippen LogP contribution in [0.2, 0.25) is 0 Å². The molecule has 0 radical (unpaired) electrons. The monoisotopic (exact) mass is 438 g/mol. The Hall–Kier alpha value is -2.93. The van der Waals surface area contributed by atoms with Gasteiger partial charge in [0.25, 0.3) is 5.91 Å². The lowest BCUT2D eigenvalue weighted by molar-refractivity contribution is -0.146. The molecule has 6 nitrogen and oxygen atoms in total. The van der Waals surface area contributed by atoms with Crippen LogP contribution in [-0.2, 0) is 29.0 Å². The van der Waals surface area contributed by atoms with Crippen LogP contribution >= 0.6 is 11.3 Å². The smallest absolute Gasteiger partial charge is 0.307 e. The van der Waals surface area contributed by atoms with E-state index >= 15 is 0 Å². The van der Waals surface area contributed by atoms with Crippen molar-refractivity contribution in [3.8, 4) is 0 Å². The molecule has 0 fully saturated rings. The third-order valence-corrected chi connectivity index (χ3v) is 7.22. The van der Waals surface area contributed by atoms with Gasteiger partial charge in [-0.3, -0.25) is 14.4 Å². The summed E-state index contributed by atoms with van der Waals surface area (Å²) in [6.07, 6.45) is 8.22. The molecule has 1 aromatic heterocycles. The third kappa shape index (κ3) is 4.71. The van der Waals surface area contributed by atoms with Gasteiger partial charge in [-0.2, -0.15) is 0 Å². The highest BCUT2D eigenvalue weighted by Gasteiger charge is 2.35. The number of carbonyl (C=O) groups is 3. The molecule has 2 atom stereocenters. The second kappa shape index (κ2) is 9.47. The largest absolute Gasteiger partial charge is 0.481 e. The Morgan fingerprint density at radius 2 is 1.71 bits per heavy atom. The number of aryl methyl sites for hydroxylation is 1. The average Bonchev–Trinajstić information content (AvgIpc) is 3.16. The molecule has 31 heavy (non-hydrogen) atoms. The van der Waals surface area contributed by atoms with Crippen LogP contribution in [0.3, 0.4) is 0 Å². The topological polar surface area (TPSA) is 95.5 Å². The van der Waals surface area contributed by atoms with Gasteiger partial charge >= 0.3 is 5.97 Å². The predicted octanol–water partition coefficient (Wildman–Crippen LogP) is 4.16. The minimum atomic E-state index is -0.962. The first-order valence-corrected chi connectivity index (χ1v) is 11.5. The van der Waals surface area contributed by atoms with Gasteiger partial charge in [-0.1, -0.05) is 42.5 Å². The van der Waals surface area contributed by atoms with Crippen molar-refractivity contribution < 1.29 is 19.5 Å². The molecule has 0 bridgehead atoms. The van der Waals surface area contributed by atoms with Gasteiger partial charge in [-0.15, -0.1) is 11.3 Å². The summed E-state index contributed by atoms with van der Waals surface area (Å²) in [5.74, 6) is -2.86. The molecule has 3 N–H and O–H groups in total. The van der Waals surface area contributed by atoms with Crippen molar-refractivity contribution >= 4 is 34.1 Å². The highest BCUT2D eigenvalue weighted by Crippen LogP contribution is 2.39. The lowest BCUT2D eigenvalue weighted by Crippen LogP contribution is -2.35. The Kier molecular flexibility index (Phi) is 6.51. The molecule has 0 saturated heterocycles. The van der Waals surface area contributed by atoms with Crippen LogP contribution in [-0.4, -0.2) is 22.9 Å². The molecule has 7 heteroatoms. The van der Waals surface area contributed by atoms with Gasteiger partial charge in [0.15, 0.2) is 0 Å². The normalized spacial score (nSPS) is 20.0. The summed E-state index contributed by atoms with van der Waals surface area (Å²) in [4.78, 5) is 38.9. The molecule has 0 unspecified atom stereocenters. The van der Waals surface area contributed by atoms with Gasteiger partial charge in [0.1, 0.15) is 5.00 Å². The van der Waals surface area contributed by atoms with Crippen LogP contribution in [0.1, 0.15) is 52.0 Å². The Labute approximate surface area is 185 Å². The van der Waals surface area contributed by atoms with E-state index in [0.29, 0.717) is 30.0 Å². The molecule has 2 aromatic rings. The fourth-order valence-electron chi connectivity index (χ4n) is 4.34. The molecule has 1 heterocycles. The first kappa shape index (κ1) is 21.3.